The molecule has 0 amide bonds. The summed E-state index contributed by atoms with van der Waals surface area (Å²) in [7, 11) is 0. The average molecular weight is 390 g/mol. The van der Waals surface area contributed by atoms with Gasteiger partial charge in [0.2, 0.25) is 0 Å². The molecule has 3 rings (SSSR count). The van der Waals surface area contributed by atoms with Crippen molar-refractivity contribution in [2.45, 2.75) is 0 Å². The van der Waals surface area contributed by atoms with Crippen LogP contribution in [0.1, 0.15) is 0 Å². The Morgan fingerprint density at radius 3 is 1.11 bits per heavy atom. The summed E-state index contributed by atoms with van der Waals surface area (Å²) in [6, 6.07) is 0. The van der Waals surface area contributed by atoms with Gasteiger partial charge in [-0.05, 0) is 34.9 Å². The molecule has 138 valence electrons. The van der Waals surface area contributed by atoms with E-state index in [9.17, 15) is 14.4 Å². The predicted octanol–water partition coefficient (Wildman–Crippen LogP) is 2.76. The highest BCUT2D eigenvalue weighted by Gasteiger charge is 2.50. The molecule has 0 atom stereocenters. The van der Waals surface area contributed by atoms with Crippen LogP contribution in [0.2, 0.25) is 0 Å². The van der Waals surface area contributed by atoms with Gasteiger partial charge in [-0.25, -0.2) is 14.4 Å². The molecular weight excluding hydrogens is 375 g/mol. The Morgan fingerprint density at radius 2 is 0.893 bits per heavy atom. The number of rotatable bonds is 6. The molecule has 0 heterocycles. The van der Waals surface area contributed by atoms with Crippen molar-refractivity contribution >= 4 is 33.1 Å². The summed E-state index contributed by atoms with van der Waals surface area (Å²) in [4.78, 5) is 37.1. The Balaban J connectivity index is 1.73. The minimum atomic E-state index is -3.54. The third kappa shape index (κ3) is 4.12. The first-order chi connectivity index (χ1) is 13.4. The van der Waals surface area contributed by atoms with Gasteiger partial charge in [-0.1, -0.05) is 56.2 Å². The zero-order chi connectivity index (χ0) is 20.3. The van der Waals surface area contributed by atoms with Crippen LogP contribution in [0.3, 0.4) is 0 Å². The second-order valence-corrected chi connectivity index (χ2v) is 7.18. The number of carbonyl (C=O) groups is 3. The highest BCUT2D eigenvalue weighted by molar-refractivity contribution is 6.46. The number of carbonyl (C=O) groups excluding carboxylic acids is 3. The summed E-state index contributed by atoms with van der Waals surface area (Å²) in [5.41, 5.74) is 1.93. The van der Waals surface area contributed by atoms with E-state index in [1.54, 1.807) is 36.5 Å². The number of allylic oxidation sites excluding steroid dienone is 9. The number of hydrogen-bond donors (Lipinski definition) is 0. The topological polar surface area (TPSA) is 78.9 Å². The van der Waals surface area contributed by atoms with E-state index in [-0.39, 0.29) is 16.7 Å². The molecule has 0 spiro atoms. The van der Waals surface area contributed by atoms with Crippen LogP contribution >= 0.6 is 0 Å². The van der Waals surface area contributed by atoms with Gasteiger partial charge in [-0.15, -0.1) is 0 Å². The summed E-state index contributed by atoms with van der Waals surface area (Å²) in [6.07, 6.45) is 14.3. The van der Waals surface area contributed by atoms with E-state index >= 15 is 0 Å². The molecule has 0 aromatic rings. The summed E-state index contributed by atoms with van der Waals surface area (Å²) in [6.45, 7) is 11.2. The first-order valence-corrected chi connectivity index (χ1v) is 9.64. The molecule has 28 heavy (non-hydrogen) atoms. The van der Waals surface area contributed by atoms with Crippen molar-refractivity contribution < 1.29 is 25.7 Å². The van der Waals surface area contributed by atoms with Crippen molar-refractivity contribution in [1.82, 2.24) is 0 Å². The van der Waals surface area contributed by atoms with Gasteiger partial charge in [0.25, 0.3) is 0 Å². The van der Waals surface area contributed by atoms with Crippen molar-refractivity contribution in [3.63, 3.8) is 0 Å². The molecule has 0 aromatic carbocycles. The lowest BCUT2D eigenvalue weighted by atomic mass is 10.2. The van der Waals surface area contributed by atoms with Gasteiger partial charge in [0.15, 0.2) is 0 Å². The van der Waals surface area contributed by atoms with Crippen molar-refractivity contribution in [3.8, 4) is 0 Å². The van der Waals surface area contributed by atoms with Crippen LogP contribution in [0.4, 0.5) is 0 Å². The van der Waals surface area contributed by atoms with Gasteiger partial charge in [0.1, 0.15) is 0 Å². The van der Waals surface area contributed by atoms with Gasteiger partial charge in [-0.2, -0.15) is 0 Å². The molecular formula is C21H15AlO6. The largest absolute Gasteiger partial charge is 1.20 e. The fourth-order valence-electron chi connectivity index (χ4n) is 2.49. The van der Waals surface area contributed by atoms with Crippen LogP contribution in [-0.4, -0.2) is 33.1 Å². The molecule has 0 fully saturated rings. The summed E-state index contributed by atoms with van der Waals surface area (Å²) in [5, 5.41) is 0. The Kier molecular flexibility index (Phi) is 5.60. The van der Waals surface area contributed by atoms with Gasteiger partial charge in [0.05, 0.1) is 16.7 Å². The van der Waals surface area contributed by atoms with E-state index in [1.165, 1.54) is 18.2 Å². The molecule has 7 heteroatoms. The predicted molar refractivity (Wildman–Crippen MR) is 103 cm³/mol. The summed E-state index contributed by atoms with van der Waals surface area (Å²) in [5.74, 6) is -2.37. The van der Waals surface area contributed by atoms with Gasteiger partial charge < -0.3 is 11.4 Å². The van der Waals surface area contributed by atoms with Gasteiger partial charge in [-0.3, -0.25) is 0 Å². The maximum Gasteiger partial charge on any atom is 1.20 e. The molecule has 3 aliphatic carbocycles. The lowest BCUT2D eigenvalue weighted by Gasteiger charge is -2.15. The van der Waals surface area contributed by atoms with Crippen LogP contribution in [0.25, 0.3) is 0 Å². The lowest BCUT2D eigenvalue weighted by Crippen LogP contribution is -2.36. The van der Waals surface area contributed by atoms with Gasteiger partial charge >= 0.3 is 33.1 Å². The molecule has 0 radical (unpaired) electrons. The monoisotopic (exact) mass is 390 g/mol. The zero-order valence-corrected chi connectivity index (χ0v) is 16.0. The second-order valence-electron chi connectivity index (χ2n) is 5.90. The normalized spacial score (nSPS) is 16.7. The van der Waals surface area contributed by atoms with E-state index in [2.05, 4.69) is 19.7 Å². The smallest absolute Gasteiger partial charge is 0.547 e. The summed E-state index contributed by atoms with van der Waals surface area (Å²) < 4.78 is 15.7. The average Bonchev–Trinajstić information content (AvgIpc) is 3.35. The van der Waals surface area contributed by atoms with Crippen LogP contribution in [0.5, 0.6) is 0 Å². The Labute approximate surface area is 166 Å². The second kappa shape index (κ2) is 8.09. The van der Waals surface area contributed by atoms with E-state index in [0.717, 1.165) is 0 Å². The van der Waals surface area contributed by atoms with Crippen LogP contribution in [0.15, 0.2) is 108 Å². The Bertz CT molecular complexity index is 872. The molecule has 0 N–H and O–H groups in total. The van der Waals surface area contributed by atoms with E-state index in [0.29, 0.717) is 16.7 Å². The molecule has 0 saturated carbocycles. The molecule has 0 saturated heterocycles. The fraction of sp³-hybridized carbons (Fsp3) is 0. The highest BCUT2D eigenvalue weighted by Crippen LogP contribution is 2.22. The molecule has 0 aromatic heterocycles. The van der Waals surface area contributed by atoms with Crippen LogP contribution in [-0.2, 0) is 25.7 Å². The van der Waals surface area contributed by atoms with E-state index < -0.39 is 33.1 Å². The van der Waals surface area contributed by atoms with E-state index in [1.807, 2.05) is 0 Å². The molecule has 6 nitrogen and oxygen atoms in total. The first kappa shape index (κ1) is 19.4. The minimum Gasteiger partial charge on any atom is -0.547 e. The standard InChI is InChI=1S/3C7H6O2.Al/c3*1-5-3-2-4-6(5)7(8)9;/h3*2-4H,1H2,(H,8,9);/q;;;+3/p-3. The minimum absolute atomic E-state index is 0.196. The quantitative estimate of drug-likeness (QED) is 0.649. The maximum absolute atomic E-state index is 12.4. The Morgan fingerprint density at radius 1 is 0.607 bits per heavy atom. The van der Waals surface area contributed by atoms with E-state index in [4.69, 9.17) is 11.4 Å². The summed E-state index contributed by atoms with van der Waals surface area (Å²) >= 11 is -3.54. The van der Waals surface area contributed by atoms with Crippen LogP contribution in [0, 0.1) is 0 Å². The van der Waals surface area contributed by atoms with Crippen molar-refractivity contribution in [2.75, 3.05) is 0 Å². The molecule has 0 aliphatic heterocycles. The third-order valence-electron chi connectivity index (χ3n) is 3.99. The van der Waals surface area contributed by atoms with Crippen molar-refractivity contribution in [2.24, 2.45) is 0 Å². The first-order valence-electron chi connectivity index (χ1n) is 8.22. The lowest BCUT2D eigenvalue weighted by molar-refractivity contribution is -0.142. The van der Waals surface area contributed by atoms with Crippen molar-refractivity contribution in [1.29, 1.82) is 0 Å². The van der Waals surface area contributed by atoms with Gasteiger partial charge in [0, 0.05) is 0 Å². The molecule has 0 unspecified atom stereocenters. The molecule has 0 bridgehead atoms. The maximum atomic E-state index is 12.4. The number of hydrogen-bond acceptors (Lipinski definition) is 6. The zero-order valence-electron chi connectivity index (χ0n) is 14.8. The SMILES string of the molecule is C=C1C=CC=C1C(=O)[O][Al]([O]C(=O)C1=CC=CC1=C)[O]C(=O)C1=CC=CC1=C. The van der Waals surface area contributed by atoms with Crippen LogP contribution < -0.4 is 0 Å². The van der Waals surface area contributed by atoms with Crippen molar-refractivity contribution in [3.05, 3.63) is 108 Å². The third-order valence-corrected chi connectivity index (χ3v) is 5.21. The molecule has 3 aliphatic rings. The fourth-order valence-corrected chi connectivity index (χ4v) is 3.54. The highest BCUT2D eigenvalue weighted by atomic mass is 27.3. The Hall–Kier alpha value is -3.40.